The Morgan fingerprint density at radius 2 is 1.53 bits per heavy atom. The van der Waals surface area contributed by atoms with E-state index in [0.29, 0.717) is 43.7 Å². The van der Waals surface area contributed by atoms with Crippen LogP contribution in [0.4, 0.5) is 11.8 Å². The minimum absolute atomic E-state index is 0.0321. The average molecular weight is 625 g/mol. The van der Waals surface area contributed by atoms with Crippen LogP contribution in [-0.2, 0) is 47.2 Å². The van der Waals surface area contributed by atoms with Crippen molar-refractivity contribution < 1.29 is 13.2 Å². The van der Waals surface area contributed by atoms with Gasteiger partial charge in [0.25, 0.3) is 0 Å². The van der Waals surface area contributed by atoms with E-state index in [1.165, 1.54) is 11.1 Å². The van der Waals surface area contributed by atoms with Gasteiger partial charge in [-0.3, -0.25) is 4.90 Å². The maximum Gasteiger partial charge on any atom is 0.227 e. The Balaban J connectivity index is 1.20. The second-order valence-corrected chi connectivity index (χ2v) is 14.6. The van der Waals surface area contributed by atoms with Crippen molar-refractivity contribution in [2.24, 2.45) is 0 Å². The molecule has 0 bridgehead atoms. The topological polar surface area (TPSA) is 90.9 Å². The van der Waals surface area contributed by atoms with Crippen LogP contribution >= 0.6 is 0 Å². The van der Waals surface area contributed by atoms with Gasteiger partial charge in [0.05, 0.1) is 35.1 Å². The van der Waals surface area contributed by atoms with Crippen molar-refractivity contribution >= 4 is 21.6 Å². The van der Waals surface area contributed by atoms with E-state index in [4.69, 9.17) is 14.7 Å². The minimum Gasteiger partial charge on any atom is -0.377 e. The van der Waals surface area contributed by atoms with Crippen LogP contribution in [-0.4, -0.2) is 79.4 Å². The number of sulfone groups is 1. The first-order valence-corrected chi connectivity index (χ1v) is 17.3. The van der Waals surface area contributed by atoms with Crippen LogP contribution in [0.15, 0.2) is 89.8 Å². The summed E-state index contributed by atoms with van der Waals surface area (Å²) in [6.45, 7) is 5.99. The van der Waals surface area contributed by atoms with E-state index in [1.54, 1.807) is 12.1 Å². The number of likely N-dealkylation sites (N-methyl/N-ethyl adjacent to an activating group) is 1. The highest BCUT2D eigenvalue weighted by Crippen LogP contribution is 2.33. The molecule has 1 saturated heterocycles. The normalized spacial score (nSPS) is 18.8. The Hall–Kier alpha value is -3.83. The summed E-state index contributed by atoms with van der Waals surface area (Å²) in [4.78, 5) is 17.4. The quantitative estimate of drug-likeness (QED) is 0.295. The van der Waals surface area contributed by atoms with Crippen molar-refractivity contribution in [2.45, 2.75) is 43.0 Å². The predicted octanol–water partition coefficient (Wildman–Crippen LogP) is 4.14. The number of anilines is 2. The summed E-state index contributed by atoms with van der Waals surface area (Å²) in [5.41, 5.74) is 5.24. The van der Waals surface area contributed by atoms with Crippen LogP contribution in [0.5, 0.6) is 0 Å². The number of benzene rings is 3. The van der Waals surface area contributed by atoms with Gasteiger partial charge in [0.15, 0.2) is 9.84 Å². The molecule has 0 radical (unpaired) electrons. The Bertz CT molecular complexity index is 1710. The van der Waals surface area contributed by atoms with Crippen LogP contribution in [0, 0.1) is 0 Å². The fourth-order valence-corrected chi connectivity index (χ4v) is 8.04. The fourth-order valence-electron chi connectivity index (χ4n) is 6.54. The lowest BCUT2D eigenvalue weighted by molar-refractivity contribution is -0.140. The molecule has 0 aliphatic carbocycles. The molecule has 4 heterocycles. The van der Waals surface area contributed by atoms with Crippen molar-refractivity contribution in [2.75, 3.05) is 55.9 Å². The zero-order valence-electron chi connectivity index (χ0n) is 25.7. The van der Waals surface area contributed by atoms with Gasteiger partial charge in [-0.25, -0.2) is 13.4 Å². The Morgan fingerprint density at radius 1 is 0.867 bits per heavy atom. The molecule has 10 heteroatoms. The number of nitrogens with zero attached hydrogens (tertiary/aromatic N) is 5. The van der Waals surface area contributed by atoms with Crippen LogP contribution < -0.4 is 10.2 Å². The molecule has 0 atom stereocenters. The maximum absolute atomic E-state index is 13.1. The Morgan fingerprint density at radius 3 is 2.20 bits per heavy atom. The summed E-state index contributed by atoms with van der Waals surface area (Å²) >= 11 is 0. The molecular formula is C35H40N6O3S. The van der Waals surface area contributed by atoms with E-state index in [2.05, 4.69) is 82.8 Å². The summed E-state index contributed by atoms with van der Waals surface area (Å²) in [5.74, 6) is 1.44. The zero-order valence-corrected chi connectivity index (χ0v) is 26.5. The van der Waals surface area contributed by atoms with E-state index < -0.39 is 9.84 Å². The Labute approximate surface area is 265 Å². The van der Waals surface area contributed by atoms with Gasteiger partial charge in [-0.15, -0.1) is 0 Å². The molecule has 3 aromatic carbocycles. The molecule has 7 rings (SSSR count). The van der Waals surface area contributed by atoms with E-state index >= 15 is 0 Å². The molecule has 1 fully saturated rings. The average Bonchev–Trinajstić information content (AvgIpc) is 3.17. The second-order valence-electron chi connectivity index (χ2n) is 12.5. The monoisotopic (exact) mass is 624 g/mol. The van der Waals surface area contributed by atoms with Gasteiger partial charge in [0.2, 0.25) is 5.95 Å². The second kappa shape index (κ2) is 12.5. The number of nitrogens with one attached hydrogen (secondary N) is 1. The zero-order chi connectivity index (χ0) is 30.9. The van der Waals surface area contributed by atoms with E-state index in [0.717, 1.165) is 55.2 Å². The third-order valence-electron chi connectivity index (χ3n) is 9.25. The van der Waals surface area contributed by atoms with E-state index in [9.17, 15) is 8.42 Å². The summed E-state index contributed by atoms with van der Waals surface area (Å²) in [6, 6.07) is 28.5. The summed E-state index contributed by atoms with van der Waals surface area (Å²) in [7, 11) is -1.25. The molecule has 45 heavy (non-hydrogen) atoms. The number of hydrogen-bond acceptors (Lipinski definition) is 9. The van der Waals surface area contributed by atoms with Gasteiger partial charge in [-0.2, -0.15) is 4.98 Å². The van der Waals surface area contributed by atoms with Gasteiger partial charge in [-0.1, -0.05) is 78.9 Å². The van der Waals surface area contributed by atoms with Crippen molar-refractivity contribution in [1.29, 1.82) is 0 Å². The van der Waals surface area contributed by atoms with E-state index in [1.807, 2.05) is 17.0 Å². The lowest BCUT2D eigenvalue weighted by atomic mass is 9.92. The summed E-state index contributed by atoms with van der Waals surface area (Å²) < 4.78 is 32.1. The van der Waals surface area contributed by atoms with Crippen molar-refractivity contribution in [1.82, 2.24) is 19.8 Å². The number of ether oxygens (including phenoxy) is 1. The highest BCUT2D eigenvalue weighted by atomic mass is 32.2. The first kappa shape index (κ1) is 29.9. The standard InChI is InChI=1S/C35H40N6O3S/c1-39-17-16-31-30(23-39)33(38-34(37-31)40-18-19-45(42,43)32-15-9-8-14-29(32)22-40)36-24-35(25-44-26-35)41(20-27-10-4-2-5-11-27)21-28-12-6-3-7-13-28/h2-15H,16-26H2,1H3,(H,36,37,38). The summed E-state index contributed by atoms with van der Waals surface area (Å²) in [5, 5.41) is 3.77. The molecule has 0 amide bonds. The molecule has 4 aromatic rings. The maximum atomic E-state index is 13.1. The molecule has 9 nitrogen and oxygen atoms in total. The third-order valence-corrected chi connectivity index (χ3v) is 11.0. The molecule has 0 saturated carbocycles. The van der Waals surface area contributed by atoms with Crippen LogP contribution in [0.3, 0.4) is 0 Å². The summed E-state index contributed by atoms with van der Waals surface area (Å²) in [6.07, 6.45) is 0.821. The SMILES string of the molecule is CN1CCc2nc(N3CCS(=O)(=O)c4ccccc4C3)nc(NCC3(N(Cc4ccccc4)Cc4ccccc4)COC3)c2C1. The molecule has 0 unspecified atom stereocenters. The van der Waals surface area contributed by atoms with Gasteiger partial charge in [0, 0.05) is 57.8 Å². The Kier molecular flexibility index (Phi) is 8.31. The lowest BCUT2D eigenvalue weighted by Gasteiger charge is -2.50. The molecule has 3 aliphatic heterocycles. The van der Waals surface area contributed by atoms with Crippen LogP contribution in [0.1, 0.15) is 27.9 Å². The first-order chi connectivity index (χ1) is 21.9. The van der Waals surface area contributed by atoms with Crippen molar-refractivity contribution in [3.63, 3.8) is 0 Å². The molecule has 1 aromatic heterocycles. The molecular weight excluding hydrogens is 584 g/mol. The number of hydrogen-bond donors (Lipinski definition) is 1. The molecule has 1 N–H and O–H groups in total. The molecule has 0 spiro atoms. The van der Waals surface area contributed by atoms with Gasteiger partial charge < -0.3 is 19.9 Å². The van der Waals surface area contributed by atoms with E-state index in [-0.39, 0.29) is 11.3 Å². The highest BCUT2D eigenvalue weighted by molar-refractivity contribution is 7.91. The highest BCUT2D eigenvalue weighted by Gasteiger charge is 2.44. The third kappa shape index (κ3) is 6.33. The largest absolute Gasteiger partial charge is 0.377 e. The minimum atomic E-state index is -3.38. The van der Waals surface area contributed by atoms with Crippen molar-refractivity contribution in [3.05, 3.63) is 113 Å². The van der Waals surface area contributed by atoms with Gasteiger partial charge >= 0.3 is 0 Å². The molecule has 234 valence electrons. The number of rotatable bonds is 9. The van der Waals surface area contributed by atoms with Crippen LogP contribution in [0.2, 0.25) is 0 Å². The van der Waals surface area contributed by atoms with Crippen LogP contribution in [0.25, 0.3) is 0 Å². The fraction of sp³-hybridized carbons (Fsp3) is 0.371. The molecule has 3 aliphatic rings. The lowest BCUT2D eigenvalue weighted by Crippen LogP contribution is -2.65. The first-order valence-electron chi connectivity index (χ1n) is 15.7. The smallest absolute Gasteiger partial charge is 0.227 e. The number of fused-ring (bicyclic) bond motifs is 2. The predicted molar refractivity (Wildman–Crippen MR) is 176 cm³/mol. The van der Waals surface area contributed by atoms with Crippen molar-refractivity contribution in [3.8, 4) is 0 Å². The van der Waals surface area contributed by atoms with Gasteiger partial charge in [0.1, 0.15) is 5.82 Å². The number of aromatic nitrogens is 2. The van der Waals surface area contributed by atoms with Gasteiger partial charge in [-0.05, 0) is 29.8 Å².